The first-order valence-corrected chi connectivity index (χ1v) is 9.60. The number of hydrogen-bond acceptors (Lipinski definition) is 8. The van der Waals surface area contributed by atoms with Gasteiger partial charge in [0.2, 0.25) is 5.75 Å². The van der Waals surface area contributed by atoms with Crippen molar-refractivity contribution in [1.82, 2.24) is 9.97 Å². The summed E-state index contributed by atoms with van der Waals surface area (Å²) in [6, 6.07) is 6.02. The molecule has 0 unspecified atom stereocenters. The van der Waals surface area contributed by atoms with E-state index in [1.54, 1.807) is 21.3 Å². The van der Waals surface area contributed by atoms with Gasteiger partial charge in [0.25, 0.3) is 0 Å². The third kappa shape index (κ3) is 3.53. The predicted molar refractivity (Wildman–Crippen MR) is 110 cm³/mol. The number of hydrogen-bond donors (Lipinski definition) is 1. The van der Waals surface area contributed by atoms with Crippen molar-refractivity contribution in [2.24, 2.45) is 0 Å². The summed E-state index contributed by atoms with van der Waals surface area (Å²) in [5.41, 5.74) is 1.85. The van der Waals surface area contributed by atoms with Gasteiger partial charge in [0, 0.05) is 13.0 Å². The van der Waals surface area contributed by atoms with E-state index < -0.39 is 0 Å². The summed E-state index contributed by atoms with van der Waals surface area (Å²) >= 11 is 1.39. The summed E-state index contributed by atoms with van der Waals surface area (Å²) in [5.74, 6) is 3.13. The molecule has 0 saturated heterocycles. The van der Waals surface area contributed by atoms with Crippen LogP contribution in [-0.4, -0.2) is 37.8 Å². The van der Waals surface area contributed by atoms with Gasteiger partial charge in [0.05, 0.1) is 26.7 Å². The predicted octanol–water partition coefficient (Wildman–Crippen LogP) is 3.92. The Morgan fingerprint density at radius 2 is 1.79 bits per heavy atom. The summed E-state index contributed by atoms with van der Waals surface area (Å²) in [6.07, 6.45) is 0.490. The largest absolute Gasteiger partial charge is 0.493 e. The molecule has 0 saturated carbocycles. The number of aromatic nitrogens is 2. The Bertz CT molecular complexity index is 1030. The summed E-state index contributed by atoms with van der Waals surface area (Å²) < 4.78 is 16.2. The Labute approximate surface area is 167 Å². The average Bonchev–Trinajstić information content (AvgIpc) is 3.03. The summed E-state index contributed by atoms with van der Waals surface area (Å²) in [5, 5.41) is 13.6. The highest BCUT2D eigenvalue weighted by molar-refractivity contribution is 7.19. The monoisotopic (exact) mass is 398 g/mol. The second-order valence-electron chi connectivity index (χ2n) is 6.08. The number of thiophene rings is 1. The van der Waals surface area contributed by atoms with Crippen LogP contribution in [0.5, 0.6) is 17.2 Å². The topological polar surface area (TPSA) is 89.3 Å². The zero-order valence-electron chi connectivity index (χ0n) is 16.5. The molecule has 1 N–H and O–H groups in total. The SMILES string of the molecule is CCNc1nc(Cc2cc(OC)c(OC)c(OC)c2)nc2sc(C#N)c(C)c12. The fraction of sp³-hybridized carbons (Fsp3) is 0.350. The molecule has 0 amide bonds. The first kappa shape index (κ1) is 19.7. The minimum absolute atomic E-state index is 0.490. The third-order valence-electron chi connectivity index (χ3n) is 4.37. The van der Waals surface area contributed by atoms with Gasteiger partial charge in [-0.25, -0.2) is 9.97 Å². The van der Waals surface area contributed by atoms with E-state index in [1.807, 2.05) is 26.0 Å². The number of anilines is 1. The van der Waals surface area contributed by atoms with Crippen LogP contribution in [0.3, 0.4) is 0 Å². The maximum Gasteiger partial charge on any atom is 0.203 e. The minimum Gasteiger partial charge on any atom is -0.493 e. The van der Waals surface area contributed by atoms with E-state index in [-0.39, 0.29) is 0 Å². The summed E-state index contributed by atoms with van der Waals surface area (Å²) in [6.45, 7) is 4.67. The van der Waals surface area contributed by atoms with Gasteiger partial charge in [-0.2, -0.15) is 5.26 Å². The van der Waals surface area contributed by atoms with Crippen molar-refractivity contribution in [3.63, 3.8) is 0 Å². The Kier molecular flexibility index (Phi) is 5.85. The fourth-order valence-electron chi connectivity index (χ4n) is 3.08. The van der Waals surface area contributed by atoms with E-state index in [0.29, 0.717) is 34.4 Å². The average molecular weight is 398 g/mol. The van der Waals surface area contributed by atoms with Crippen LogP contribution in [-0.2, 0) is 6.42 Å². The van der Waals surface area contributed by atoms with Gasteiger partial charge < -0.3 is 19.5 Å². The van der Waals surface area contributed by atoms with Crippen LogP contribution >= 0.6 is 11.3 Å². The van der Waals surface area contributed by atoms with Gasteiger partial charge in [0.15, 0.2) is 11.5 Å². The van der Waals surface area contributed by atoms with Crippen LogP contribution in [0.1, 0.15) is 28.8 Å². The molecule has 3 rings (SSSR count). The lowest BCUT2D eigenvalue weighted by Gasteiger charge is -2.14. The Morgan fingerprint density at radius 3 is 2.32 bits per heavy atom. The number of ether oxygens (including phenoxy) is 3. The van der Waals surface area contributed by atoms with E-state index in [1.165, 1.54) is 11.3 Å². The Balaban J connectivity index is 2.09. The second-order valence-corrected chi connectivity index (χ2v) is 7.08. The Hall–Kier alpha value is -3.05. The van der Waals surface area contributed by atoms with Crippen molar-refractivity contribution < 1.29 is 14.2 Å². The molecule has 8 heteroatoms. The van der Waals surface area contributed by atoms with Crippen molar-refractivity contribution in [1.29, 1.82) is 5.26 Å². The van der Waals surface area contributed by atoms with Crippen LogP contribution in [0.4, 0.5) is 5.82 Å². The number of nitrogens with zero attached hydrogens (tertiary/aromatic N) is 3. The molecule has 0 aliphatic rings. The maximum absolute atomic E-state index is 9.36. The van der Waals surface area contributed by atoms with Crippen LogP contribution < -0.4 is 19.5 Å². The first-order chi connectivity index (χ1) is 13.6. The number of benzene rings is 1. The standard InChI is InChI=1S/C20H22N4O3S/c1-6-22-19-17-11(2)15(10-21)28-20(17)24-16(23-19)9-12-7-13(25-3)18(27-5)14(8-12)26-4/h7-8H,6,9H2,1-5H3,(H,22,23,24). The van der Waals surface area contributed by atoms with Gasteiger partial charge in [0.1, 0.15) is 27.4 Å². The molecule has 0 aliphatic heterocycles. The molecule has 2 aromatic heterocycles. The number of rotatable bonds is 7. The maximum atomic E-state index is 9.36. The molecule has 3 aromatic rings. The van der Waals surface area contributed by atoms with Crippen molar-refractivity contribution in [3.05, 3.63) is 34.0 Å². The Morgan fingerprint density at radius 1 is 1.11 bits per heavy atom. The van der Waals surface area contributed by atoms with Crippen LogP contribution in [0, 0.1) is 18.3 Å². The number of nitriles is 1. The van der Waals surface area contributed by atoms with Gasteiger partial charge in [-0.1, -0.05) is 0 Å². The smallest absolute Gasteiger partial charge is 0.203 e. The highest BCUT2D eigenvalue weighted by atomic mass is 32.1. The molecule has 0 atom stereocenters. The third-order valence-corrected chi connectivity index (χ3v) is 5.46. The lowest BCUT2D eigenvalue weighted by atomic mass is 10.1. The molecule has 7 nitrogen and oxygen atoms in total. The molecule has 2 heterocycles. The fourth-order valence-corrected chi connectivity index (χ4v) is 4.08. The van der Waals surface area contributed by atoms with Gasteiger partial charge >= 0.3 is 0 Å². The summed E-state index contributed by atoms with van der Waals surface area (Å²) in [4.78, 5) is 10.9. The van der Waals surface area contributed by atoms with Crippen molar-refractivity contribution in [2.75, 3.05) is 33.2 Å². The molecule has 0 bridgehead atoms. The number of fused-ring (bicyclic) bond motifs is 1. The summed E-state index contributed by atoms with van der Waals surface area (Å²) in [7, 11) is 4.75. The number of nitrogens with one attached hydrogen (secondary N) is 1. The molecule has 0 fully saturated rings. The number of methoxy groups -OCH3 is 3. The zero-order valence-corrected chi connectivity index (χ0v) is 17.4. The van der Waals surface area contributed by atoms with Gasteiger partial charge in [-0.3, -0.25) is 0 Å². The molecule has 146 valence electrons. The van der Waals surface area contributed by atoms with Crippen molar-refractivity contribution >= 4 is 27.4 Å². The van der Waals surface area contributed by atoms with E-state index in [4.69, 9.17) is 24.2 Å². The minimum atomic E-state index is 0.490. The highest BCUT2D eigenvalue weighted by Gasteiger charge is 2.18. The zero-order chi connectivity index (χ0) is 20.3. The van der Waals surface area contributed by atoms with E-state index >= 15 is 0 Å². The molecule has 0 aliphatic carbocycles. The second kappa shape index (κ2) is 8.31. The number of aryl methyl sites for hydroxylation is 1. The lowest BCUT2D eigenvalue weighted by molar-refractivity contribution is 0.324. The molecular formula is C20H22N4O3S. The van der Waals surface area contributed by atoms with Crippen LogP contribution in [0.2, 0.25) is 0 Å². The van der Waals surface area contributed by atoms with Crippen molar-refractivity contribution in [3.8, 4) is 23.3 Å². The molecule has 1 aromatic carbocycles. The molecule has 0 radical (unpaired) electrons. The van der Waals surface area contributed by atoms with Gasteiger partial charge in [-0.05, 0) is 37.1 Å². The molecule has 28 heavy (non-hydrogen) atoms. The highest BCUT2D eigenvalue weighted by Crippen LogP contribution is 2.39. The van der Waals surface area contributed by atoms with Crippen LogP contribution in [0.15, 0.2) is 12.1 Å². The van der Waals surface area contributed by atoms with Crippen LogP contribution in [0.25, 0.3) is 10.2 Å². The normalized spacial score (nSPS) is 10.6. The van der Waals surface area contributed by atoms with E-state index in [9.17, 15) is 5.26 Å². The molecule has 0 spiro atoms. The quantitative estimate of drug-likeness (QED) is 0.645. The van der Waals surface area contributed by atoms with Crippen molar-refractivity contribution in [2.45, 2.75) is 20.3 Å². The lowest BCUT2D eigenvalue weighted by Crippen LogP contribution is -2.05. The molecular weight excluding hydrogens is 376 g/mol. The van der Waals surface area contributed by atoms with Gasteiger partial charge in [-0.15, -0.1) is 11.3 Å². The first-order valence-electron chi connectivity index (χ1n) is 8.79. The van der Waals surface area contributed by atoms with E-state index in [0.717, 1.165) is 33.7 Å². The van der Waals surface area contributed by atoms with E-state index in [2.05, 4.69) is 11.4 Å².